The first-order chi connectivity index (χ1) is 15.9. The van der Waals surface area contributed by atoms with E-state index in [0.29, 0.717) is 27.6 Å². The number of carbonyl (C=O) groups excluding carboxylic acids is 3. The molecule has 1 saturated heterocycles. The van der Waals surface area contributed by atoms with E-state index < -0.39 is 4.87 Å². The van der Waals surface area contributed by atoms with Crippen molar-refractivity contribution >= 4 is 58.1 Å². The zero-order chi connectivity index (χ0) is 23.2. The molecule has 166 valence electrons. The molecule has 2 aliphatic heterocycles. The first-order valence-corrected chi connectivity index (χ1v) is 11.8. The van der Waals surface area contributed by atoms with E-state index in [1.807, 2.05) is 49.4 Å². The number of fused-ring (bicyclic) bond motifs is 2. The first-order valence-electron chi connectivity index (χ1n) is 10.4. The summed E-state index contributed by atoms with van der Waals surface area (Å²) in [5.74, 6) is -0.634. The third kappa shape index (κ3) is 3.57. The van der Waals surface area contributed by atoms with Crippen LogP contribution in [0.3, 0.4) is 0 Å². The summed E-state index contributed by atoms with van der Waals surface area (Å²) in [6.45, 7) is 1.79. The first kappa shape index (κ1) is 21.6. The quantitative estimate of drug-likeness (QED) is 0.597. The van der Waals surface area contributed by atoms with Crippen LogP contribution >= 0.6 is 23.4 Å². The molecule has 1 spiro atoms. The number of rotatable bonds is 4. The maximum absolute atomic E-state index is 13.9. The van der Waals surface area contributed by atoms with Crippen molar-refractivity contribution in [3.05, 3.63) is 88.9 Å². The zero-order valence-corrected chi connectivity index (χ0v) is 19.3. The Hall–Kier alpha value is -3.29. The molecule has 0 unspecified atom stereocenters. The van der Waals surface area contributed by atoms with Gasteiger partial charge in [-0.3, -0.25) is 24.2 Å². The zero-order valence-electron chi connectivity index (χ0n) is 17.7. The summed E-state index contributed by atoms with van der Waals surface area (Å²) in [6, 6.07) is 21.7. The summed E-state index contributed by atoms with van der Waals surface area (Å²) in [5.41, 5.74) is 3.60. The fourth-order valence-electron chi connectivity index (χ4n) is 4.37. The van der Waals surface area contributed by atoms with E-state index in [1.54, 1.807) is 30.3 Å². The molecule has 1 fully saturated rings. The maximum Gasteiger partial charge on any atom is 0.269 e. The fourth-order valence-corrected chi connectivity index (χ4v) is 5.86. The largest absolute Gasteiger partial charge is 0.325 e. The smallest absolute Gasteiger partial charge is 0.269 e. The number of para-hydroxylation sites is 1. The topological polar surface area (TPSA) is 69.7 Å². The van der Waals surface area contributed by atoms with Crippen LogP contribution in [-0.2, 0) is 19.3 Å². The number of amides is 3. The molecular formula is C25H20ClN3O3S. The highest BCUT2D eigenvalue weighted by Gasteiger charge is 2.61. The van der Waals surface area contributed by atoms with Crippen molar-refractivity contribution in [2.45, 2.75) is 11.8 Å². The summed E-state index contributed by atoms with van der Waals surface area (Å²) in [4.78, 5) is 41.6. The molecule has 0 radical (unpaired) electrons. The van der Waals surface area contributed by atoms with Crippen LogP contribution in [0.2, 0.25) is 5.02 Å². The second-order valence-corrected chi connectivity index (χ2v) is 9.57. The Balaban J connectivity index is 1.51. The number of hydrogen-bond acceptors (Lipinski definition) is 4. The van der Waals surface area contributed by atoms with E-state index in [9.17, 15) is 14.4 Å². The van der Waals surface area contributed by atoms with Gasteiger partial charge in [-0.05, 0) is 55.0 Å². The van der Waals surface area contributed by atoms with Gasteiger partial charge in [0.25, 0.3) is 5.91 Å². The number of anilines is 3. The van der Waals surface area contributed by atoms with Crippen LogP contribution in [0.15, 0.2) is 72.8 Å². The third-order valence-corrected chi connectivity index (χ3v) is 7.39. The van der Waals surface area contributed by atoms with Gasteiger partial charge in [-0.2, -0.15) is 0 Å². The van der Waals surface area contributed by atoms with Gasteiger partial charge in [-0.25, -0.2) is 0 Å². The number of hydrogen-bond donors (Lipinski definition) is 1. The van der Waals surface area contributed by atoms with E-state index in [1.165, 1.54) is 21.6 Å². The summed E-state index contributed by atoms with van der Waals surface area (Å²) < 4.78 is 0. The van der Waals surface area contributed by atoms with Gasteiger partial charge < -0.3 is 5.32 Å². The highest BCUT2D eigenvalue weighted by molar-refractivity contribution is 8.02. The van der Waals surface area contributed by atoms with Crippen LogP contribution in [0.25, 0.3) is 0 Å². The van der Waals surface area contributed by atoms with Crippen LogP contribution in [0, 0.1) is 6.92 Å². The van der Waals surface area contributed by atoms with Crippen LogP contribution in [0.1, 0.15) is 11.1 Å². The van der Waals surface area contributed by atoms with Crippen molar-refractivity contribution < 1.29 is 14.4 Å². The molecule has 5 rings (SSSR count). The van der Waals surface area contributed by atoms with E-state index >= 15 is 0 Å². The maximum atomic E-state index is 13.9. The predicted octanol–water partition coefficient (Wildman–Crippen LogP) is 4.57. The number of nitrogens with one attached hydrogen (secondary N) is 1. The molecule has 6 nitrogen and oxygen atoms in total. The van der Waals surface area contributed by atoms with Gasteiger partial charge in [0.05, 0.1) is 11.4 Å². The molecule has 0 saturated carbocycles. The number of thioether (sulfide) groups is 1. The number of carbonyl (C=O) groups is 3. The molecule has 8 heteroatoms. The lowest BCUT2D eigenvalue weighted by atomic mass is 10.0. The van der Waals surface area contributed by atoms with Crippen LogP contribution in [0.5, 0.6) is 0 Å². The van der Waals surface area contributed by atoms with Crippen molar-refractivity contribution in [2.24, 2.45) is 0 Å². The molecule has 0 bridgehead atoms. The van der Waals surface area contributed by atoms with E-state index in [0.717, 1.165) is 5.56 Å². The van der Waals surface area contributed by atoms with Crippen molar-refractivity contribution in [3.63, 3.8) is 0 Å². The number of benzene rings is 3. The van der Waals surface area contributed by atoms with Crippen LogP contribution in [-0.4, -0.2) is 30.0 Å². The van der Waals surface area contributed by atoms with Gasteiger partial charge >= 0.3 is 0 Å². The lowest BCUT2D eigenvalue weighted by Crippen LogP contribution is -2.50. The molecule has 1 N–H and O–H groups in total. The third-order valence-electron chi connectivity index (χ3n) is 5.75. The minimum Gasteiger partial charge on any atom is -0.325 e. The molecule has 2 aliphatic rings. The van der Waals surface area contributed by atoms with Gasteiger partial charge in [0.15, 0.2) is 0 Å². The van der Waals surface area contributed by atoms with Gasteiger partial charge in [0.2, 0.25) is 16.7 Å². The second kappa shape index (κ2) is 8.24. The second-order valence-electron chi connectivity index (χ2n) is 7.96. The molecule has 0 aromatic heterocycles. The van der Waals surface area contributed by atoms with E-state index in [4.69, 9.17) is 11.6 Å². The molecule has 3 aromatic carbocycles. The van der Waals surface area contributed by atoms with Crippen molar-refractivity contribution in [1.29, 1.82) is 0 Å². The van der Waals surface area contributed by atoms with Crippen LogP contribution < -0.4 is 15.1 Å². The van der Waals surface area contributed by atoms with Gasteiger partial charge in [0, 0.05) is 22.0 Å². The summed E-state index contributed by atoms with van der Waals surface area (Å²) in [5, 5.41) is 3.40. The van der Waals surface area contributed by atoms with E-state index in [2.05, 4.69) is 5.32 Å². The molecule has 1 atom stereocenters. The summed E-state index contributed by atoms with van der Waals surface area (Å²) in [7, 11) is 0. The van der Waals surface area contributed by atoms with Crippen molar-refractivity contribution in [1.82, 2.24) is 0 Å². The summed E-state index contributed by atoms with van der Waals surface area (Å²) >= 11 is 7.32. The predicted molar refractivity (Wildman–Crippen MR) is 132 cm³/mol. The Morgan fingerprint density at radius 3 is 2.58 bits per heavy atom. The van der Waals surface area contributed by atoms with Crippen molar-refractivity contribution in [2.75, 3.05) is 27.4 Å². The van der Waals surface area contributed by atoms with Crippen LogP contribution in [0.4, 0.5) is 17.1 Å². The van der Waals surface area contributed by atoms with Gasteiger partial charge in [-0.15, -0.1) is 11.8 Å². The average molecular weight is 478 g/mol. The standard InChI is InChI=1S/C25H20ClN3O3S/c1-16-5-4-6-18(13-16)27-22(30)14-28-21-8-3-2-7-20(21)25(24(28)32)29(23(31)15-33-25)19-11-9-17(26)10-12-19/h2-13H,14-15H2,1H3,(H,27,30)/t25-/m1/s1. The molecule has 3 aromatic rings. The minimum atomic E-state index is -1.26. The van der Waals surface area contributed by atoms with Crippen molar-refractivity contribution in [3.8, 4) is 0 Å². The molecule has 0 aliphatic carbocycles. The lowest BCUT2D eigenvalue weighted by Gasteiger charge is -2.33. The highest BCUT2D eigenvalue weighted by atomic mass is 35.5. The lowest BCUT2D eigenvalue weighted by molar-refractivity contribution is -0.124. The molecule has 2 heterocycles. The average Bonchev–Trinajstić information content (AvgIpc) is 3.26. The SMILES string of the molecule is Cc1cccc(NC(=O)CN2C(=O)[C@]3(SCC(=O)N3c3ccc(Cl)cc3)c3ccccc32)c1. The van der Waals surface area contributed by atoms with Gasteiger partial charge in [0.1, 0.15) is 6.54 Å². The Morgan fingerprint density at radius 1 is 1.06 bits per heavy atom. The van der Waals surface area contributed by atoms with E-state index in [-0.39, 0.29) is 30.0 Å². The monoisotopic (exact) mass is 477 g/mol. The highest BCUT2D eigenvalue weighted by Crippen LogP contribution is 2.55. The molecular weight excluding hydrogens is 458 g/mol. The normalized spacial score (nSPS) is 19.3. The number of nitrogens with zero attached hydrogens (tertiary/aromatic N) is 2. The Kier molecular flexibility index (Phi) is 5.38. The van der Waals surface area contributed by atoms with Gasteiger partial charge in [-0.1, -0.05) is 41.9 Å². The Labute approximate surface area is 200 Å². The minimum absolute atomic E-state index is 0.158. The summed E-state index contributed by atoms with van der Waals surface area (Å²) in [6.07, 6.45) is 0. The molecule has 33 heavy (non-hydrogen) atoms. The Morgan fingerprint density at radius 2 is 1.82 bits per heavy atom. The molecule has 3 amide bonds. The fraction of sp³-hybridized carbons (Fsp3) is 0.160. The Bertz CT molecular complexity index is 1280. The number of halogens is 1. The number of aryl methyl sites for hydroxylation is 1.